The van der Waals surface area contributed by atoms with E-state index in [-0.39, 0.29) is 11.5 Å². The van der Waals surface area contributed by atoms with E-state index < -0.39 is 0 Å². The Bertz CT molecular complexity index is 415. The molecule has 2 N–H and O–H groups in total. The molecule has 0 atom stereocenters. The number of hydrogen-bond acceptors (Lipinski definition) is 4. The van der Waals surface area contributed by atoms with E-state index >= 15 is 0 Å². The van der Waals surface area contributed by atoms with E-state index in [1.807, 2.05) is 13.8 Å². The number of rotatable bonds is 9. The molecule has 0 unspecified atom stereocenters. The molecule has 0 saturated carbocycles. The first-order valence-corrected chi connectivity index (χ1v) is 7.49. The Labute approximate surface area is 121 Å². The highest BCUT2D eigenvalue weighted by atomic mass is 16.5. The lowest BCUT2D eigenvalue weighted by molar-refractivity contribution is 0.261. The van der Waals surface area contributed by atoms with Crippen LogP contribution in [-0.4, -0.2) is 23.4 Å². The van der Waals surface area contributed by atoms with E-state index in [0.717, 1.165) is 25.7 Å². The number of hydrogen-bond donors (Lipinski definition) is 2. The van der Waals surface area contributed by atoms with Crippen molar-refractivity contribution < 1.29 is 19.7 Å². The first-order chi connectivity index (χ1) is 9.65. The summed E-state index contributed by atoms with van der Waals surface area (Å²) in [7, 11) is 0. The first kappa shape index (κ1) is 16.5. The largest absolute Gasteiger partial charge is 0.504 e. The normalized spacial score (nSPS) is 10.6. The minimum atomic E-state index is -0.147. The average Bonchev–Trinajstić information content (AvgIpc) is 2.45. The summed E-state index contributed by atoms with van der Waals surface area (Å²) in [5.41, 5.74) is 0.645. The SMILES string of the molecule is CCCCc1c(O)c(O)cc(OCCC)c1OCCC. The fourth-order valence-electron chi connectivity index (χ4n) is 1.94. The minimum Gasteiger partial charge on any atom is -0.504 e. The van der Waals surface area contributed by atoms with Crippen LogP contribution < -0.4 is 9.47 Å². The van der Waals surface area contributed by atoms with E-state index in [9.17, 15) is 10.2 Å². The second-order valence-electron chi connectivity index (χ2n) is 4.85. The molecule has 0 heterocycles. The number of aromatic hydroxyl groups is 2. The first-order valence-electron chi connectivity index (χ1n) is 7.49. The smallest absolute Gasteiger partial charge is 0.168 e. The molecule has 0 spiro atoms. The van der Waals surface area contributed by atoms with Crippen LogP contribution in [0.25, 0.3) is 0 Å². The van der Waals surface area contributed by atoms with Gasteiger partial charge in [-0.1, -0.05) is 27.2 Å². The van der Waals surface area contributed by atoms with E-state index in [4.69, 9.17) is 9.47 Å². The van der Waals surface area contributed by atoms with Gasteiger partial charge in [-0.15, -0.1) is 0 Å². The highest BCUT2D eigenvalue weighted by Gasteiger charge is 2.19. The number of phenols is 2. The van der Waals surface area contributed by atoms with Crippen LogP contribution in [0.4, 0.5) is 0 Å². The fraction of sp³-hybridized carbons (Fsp3) is 0.625. The summed E-state index contributed by atoms with van der Waals surface area (Å²) >= 11 is 0. The van der Waals surface area contributed by atoms with Gasteiger partial charge in [-0.3, -0.25) is 0 Å². The molecule has 4 nitrogen and oxygen atoms in total. The quantitative estimate of drug-likeness (QED) is 0.672. The van der Waals surface area contributed by atoms with Crippen molar-refractivity contribution in [2.45, 2.75) is 52.9 Å². The number of benzene rings is 1. The van der Waals surface area contributed by atoms with Crippen molar-refractivity contribution in [1.29, 1.82) is 0 Å². The molecule has 0 amide bonds. The summed E-state index contributed by atoms with van der Waals surface area (Å²) < 4.78 is 11.4. The van der Waals surface area contributed by atoms with Crippen LogP contribution in [0.3, 0.4) is 0 Å². The van der Waals surface area contributed by atoms with Gasteiger partial charge in [0.25, 0.3) is 0 Å². The van der Waals surface area contributed by atoms with Crippen molar-refractivity contribution >= 4 is 0 Å². The lowest BCUT2D eigenvalue weighted by atomic mass is 10.0. The van der Waals surface area contributed by atoms with Crippen LogP contribution in [0.5, 0.6) is 23.0 Å². The zero-order valence-corrected chi connectivity index (χ0v) is 12.7. The fourth-order valence-corrected chi connectivity index (χ4v) is 1.94. The van der Waals surface area contributed by atoms with Gasteiger partial charge in [-0.05, 0) is 25.7 Å². The van der Waals surface area contributed by atoms with Crippen LogP contribution in [0.2, 0.25) is 0 Å². The van der Waals surface area contributed by atoms with Gasteiger partial charge in [0, 0.05) is 11.6 Å². The Hall–Kier alpha value is -1.58. The number of unbranched alkanes of at least 4 members (excludes halogenated alkanes) is 1. The van der Waals surface area contributed by atoms with Crippen molar-refractivity contribution in [3.63, 3.8) is 0 Å². The van der Waals surface area contributed by atoms with Gasteiger partial charge in [0.2, 0.25) is 0 Å². The van der Waals surface area contributed by atoms with E-state index in [0.29, 0.717) is 36.7 Å². The molecule has 0 aromatic heterocycles. The molecule has 0 aliphatic carbocycles. The molecule has 0 aliphatic rings. The van der Waals surface area contributed by atoms with Crippen LogP contribution >= 0.6 is 0 Å². The monoisotopic (exact) mass is 282 g/mol. The predicted molar refractivity (Wildman–Crippen MR) is 80.0 cm³/mol. The Morgan fingerprint density at radius 1 is 0.950 bits per heavy atom. The summed E-state index contributed by atoms with van der Waals surface area (Å²) in [5, 5.41) is 19.9. The molecule has 0 radical (unpaired) electrons. The molecule has 114 valence electrons. The maximum Gasteiger partial charge on any atom is 0.168 e. The third kappa shape index (κ3) is 4.22. The molecule has 0 saturated heterocycles. The molecular formula is C16H26O4. The minimum absolute atomic E-state index is 0.0894. The molecule has 20 heavy (non-hydrogen) atoms. The van der Waals surface area contributed by atoms with Crippen LogP contribution in [0.1, 0.15) is 52.0 Å². The van der Waals surface area contributed by atoms with Gasteiger partial charge in [-0.25, -0.2) is 0 Å². The Kier molecular flexibility index (Phi) is 7.05. The van der Waals surface area contributed by atoms with Gasteiger partial charge < -0.3 is 19.7 Å². The van der Waals surface area contributed by atoms with Crippen LogP contribution in [-0.2, 0) is 6.42 Å². The Morgan fingerprint density at radius 3 is 2.20 bits per heavy atom. The number of phenolic OH excluding ortho intramolecular Hbond substituents is 2. The summed E-state index contributed by atoms with van der Waals surface area (Å²) in [6, 6.07) is 1.44. The van der Waals surface area contributed by atoms with Gasteiger partial charge >= 0.3 is 0 Å². The highest BCUT2D eigenvalue weighted by molar-refractivity contribution is 5.60. The second kappa shape index (κ2) is 8.56. The van der Waals surface area contributed by atoms with Crippen molar-refractivity contribution in [2.24, 2.45) is 0 Å². The predicted octanol–water partition coefficient (Wildman–Crippen LogP) is 4.02. The maximum absolute atomic E-state index is 10.1. The van der Waals surface area contributed by atoms with Crippen molar-refractivity contribution in [3.05, 3.63) is 11.6 Å². The Morgan fingerprint density at radius 2 is 1.60 bits per heavy atom. The summed E-state index contributed by atoms with van der Waals surface area (Å²) in [6.45, 7) is 7.25. The van der Waals surface area contributed by atoms with Gasteiger partial charge in [0.05, 0.1) is 13.2 Å². The van der Waals surface area contributed by atoms with Crippen LogP contribution in [0.15, 0.2) is 6.07 Å². The zero-order chi connectivity index (χ0) is 15.0. The van der Waals surface area contributed by atoms with Crippen LogP contribution in [0, 0.1) is 0 Å². The lowest BCUT2D eigenvalue weighted by Crippen LogP contribution is -2.04. The van der Waals surface area contributed by atoms with Crippen molar-refractivity contribution in [3.8, 4) is 23.0 Å². The molecule has 1 rings (SSSR count). The summed E-state index contributed by atoms with van der Waals surface area (Å²) in [6.07, 6.45) is 4.35. The average molecular weight is 282 g/mol. The maximum atomic E-state index is 10.1. The van der Waals surface area contributed by atoms with Crippen molar-refractivity contribution in [2.75, 3.05) is 13.2 Å². The Balaban J connectivity index is 3.15. The highest BCUT2D eigenvalue weighted by Crippen LogP contribution is 2.44. The standard InChI is InChI=1S/C16H26O4/c1-4-7-8-12-15(18)13(17)11-14(19-9-5-2)16(12)20-10-6-3/h11,17-18H,4-10H2,1-3H3. The van der Waals surface area contributed by atoms with E-state index in [2.05, 4.69) is 6.92 Å². The van der Waals surface area contributed by atoms with Crippen molar-refractivity contribution in [1.82, 2.24) is 0 Å². The molecule has 0 aliphatic heterocycles. The second-order valence-corrected chi connectivity index (χ2v) is 4.85. The number of ether oxygens (including phenoxy) is 2. The van der Waals surface area contributed by atoms with E-state index in [1.165, 1.54) is 6.07 Å². The molecule has 0 fully saturated rings. The third-order valence-electron chi connectivity index (χ3n) is 2.99. The van der Waals surface area contributed by atoms with Gasteiger partial charge in [0.1, 0.15) is 0 Å². The molecular weight excluding hydrogens is 256 g/mol. The molecule has 4 heteroatoms. The summed E-state index contributed by atoms with van der Waals surface area (Å²) in [5.74, 6) is 0.852. The molecule has 0 bridgehead atoms. The van der Waals surface area contributed by atoms with Gasteiger partial charge in [-0.2, -0.15) is 0 Å². The lowest BCUT2D eigenvalue weighted by Gasteiger charge is -2.18. The zero-order valence-electron chi connectivity index (χ0n) is 12.7. The molecule has 1 aromatic carbocycles. The van der Waals surface area contributed by atoms with Gasteiger partial charge in [0.15, 0.2) is 23.0 Å². The third-order valence-corrected chi connectivity index (χ3v) is 2.99. The molecule has 1 aromatic rings. The topological polar surface area (TPSA) is 58.9 Å². The van der Waals surface area contributed by atoms with E-state index in [1.54, 1.807) is 0 Å². The summed E-state index contributed by atoms with van der Waals surface area (Å²) in [4.78, 5) is 0.